The molecule has 0 amide bonds. The monoisotopic (exact) mass is 303 g/mol. The second-order valence-corrected chi connectivity index (χ2v) is 8.46. The molecule has 1 aliphatic rings. The van der Waals surface area contributed by atoms with Gasteiger partial charge in [0.15, 0.2) is 9.84 Å². The van der Waals surface area contributed by atoms with Gasteiger partial charge in [-0.2, -0.15) is 0 Å². The maximum Gasteiger partial charge on any atom is 0.154 e. The van der Waals surface area contributed by atoms with E-state index in [9.17, 15) is 8.42 Å². The summed E-state index contributed by atoms with van der Waals surface area (Å²) in [5.74, 6) is 0.399. The van der Waals surface area contributed by atoms with Gasteiger partial charge in [0, 0.05) is 6.04 Å². The number of hydrogen-bond donors (Lipinski definition) is 1. The lowest BCUT2D eigenvalue weighted by atomic mass is 10.00. The molecular formula is C16H33NO2S. The molecule has 0 saturated carbocycles. The van der Waals surface area contributed by atoms with Gasteiger partial charge >= 0.3 is 0 Å². The SMILES string of the molecule is CCCCCCCCC(NCC)C1CCCCS1(=O)=O. The first-order valence-corrected chi connectivity index (χ1v) is 10.3. The van der Waals surface area contributed by atoms with Crippen LogP contribution in [0.3, 0.4) is 0 Å². The molecule has 20 heavy (non-hydrogen) atoms. The molecule has 1 N–H and O–H groups in total. The molecule has 2 atom stereocenters. The number of unbranched alkanes of at least 4 members (excludes halogenated alkanes) is 5. The minimum atomic E-state index is -2.86. The van der Waals surface area contributed by atoms with Crippen LogP contribution in [0, 0.1) is 0 Å². The average molecular weight is 304 g/mol. The largest absolute Gasteiger partial charge is 0.313 e. The van der Waals surface area contributed by atoms with Crippen molar-refractivity contribution in [3.8, 4) is 0 Å². The van der Waals surface area contributed by atoms with E-state index < -0.39 is 9.84 Å². The summed E-state index contributed by atoms with van der Waals surface area (Å²) in [6.07, 6.45) is 11.4. The molecule has 0 bridgehead atoms. The normalized spacial score (nSPS) is 23.6. The maximum atomic E-state index is 12.2. The van der Waals surface area contributed by atoms with Crippen molar-refractivity contribution in [1.82, 2.24) is 5.32 Å². The lowest BCUT2D eigenvalue weighted by molar-refractivity contribution is 0.408. The third-order valence-corrected chi connectivity index (χ3v) is 6.76. The predicted molar refractivity (Wildman–Crippen MR) is 86.9 cm³/mol. The van der Waals surface area contributed by atoms with Crippen LogP contribution in [0.1, 0.15) is 78.1 Å². The van der Waals surface area contributed by atoms with Gasteiger partial charge in [-0.1, -0.05) is 58.8 Å². The molecule has 0 aromatic carbocycles. The standard InChI is InChI=1S/C16H33NO2S/c1-3-5-6-7-8-9-12-15(17-4-2)16-13-10-11-14-20(16,18)19/h15-17H,3-14H2,1-2H3. The maximum absolute atomic E-state index is 12.2. The summed E-state index contributed by atoms with van der Waals surface area (Å²) in [6.45, 7) is 5.17. The topological polar surface area (TPSA) is 46.2 Å². The van der Waals surface area contributed by atoms with Crippen molar-refractivity contribution in [2.45, 2.75) is 89.3 Å². The molecule has 0 spiro atoms. The van der Waals surface area contributed by atoms with E-state index in [2.05, 4.69) is 19.2 Å². The quantitative estimate of drug-likeness (QED) is 0.626. The molecule has 3 nitrogen and oxygen atoms in total. The van der Waals surface area contributed by atoms with Gasteiger partial charge in [-0.3, -0.25) is 0 Å². The molecule has 1 rings (SSSR count). The highest BCUT2D eigenvalue weighted by Crippen LogP contribution is 2.25. The summed E-state index contributed by atoms with van der Waals surface area (Å²) in [7, 11) is -2.86. The minimum absolute atomic E-state index is 0.133. The van der Waals surface area contributed by atoms with Crippen LogP contribution >= 0.6 is 0 Å². The molecule has 0 radical (unpaired) electrons. The lowest BCUT2D eigenvalue weighted by Gasteiger charge is -2.30. The van der Waals surface area contributed by atoms with Crippen LogP contribution in [0.4, 0.5) is 0 Å². The molecular weight excluding hydrogens is 270 g/mol. The number of nitrogens with one attached hydrogen (secondary N) is 1. The lowest BCUT2D eigenvalue weighted by Crippen LogP contribution is -2.46. The third kappa shape index (κ3) is 6.13. The van der Waals surface area contributed by atoms with Crippen LogP contribution in [0.15, 0.2) is 0 Å². The Morgan fingerprint density at radius 3 is 2.40 bits per heavy atom. The smallest absolute Gasteiger partial charge is 0.154 e. The fourth-order valence-electron chi connectivity index (χ4n) is 3.26. The van der Waals surface area contributed by atoms with Gasteiger partial charge < -0.3 is 5.32 Å². The fourth-order valence-corrected chi connectivity index (χ4v) is 5.43. The molecule has 4 heteroatoms. The van der Waals surface area contributed by atoms with Crippen LogP contribution < -0.4 is 5.32 Å². The summed E-state index contributed by atoms with van der Waals surface area (Å²) in [4.78, 5) is 0. The van der Waals surface area contributed by atoms with Gasteiger partial charge in [0.05, 0.1) is 11.0 Å². The van der Waals surface area contributed by atoms with Crippen molar-refractivity contribution in [3.63, 3.8) is 0 Å². The van der Waals surface area contributed by atoms with Crippen molar-refractivity contribution < 1.29 is 8.42 Å². The Balaban J connectivity index is 2.39. The highest BCUT2D eigenvalue weighted by atomic mass is 32.2. The van der Waals surface area contributed by atoms with Crippen LogP contribution in [-0.4, -0.2) is 32.0 Å². The van der Waals surface area contributed by atoms with Crippen molar-refractivity contribution in [1.29, 1.82) is 0 Å². The number of sulfone groups is 1. The van der Waals surface area contributed by atoms with Crippen molar-refractivity contribution >= 4 is 9.84 Å². The molecule has 0 aliphatic carbocycles. The second-order valence-electron chi connectivity index (χ2n) is 6.12. The second kappa shape index (κ2) is 9.78. The summed E-state index contributed by atoms with van der Waals surface area (Å²) in [5.41, 5.74) is 0. The number of rotatable bonds is 10. The first kappa shape index (κ1) is 18.0. The van der Waals surface area contributed by atoms with E-state index in [1.54, 1.807) is 0 Å². The number of hydrogen-bond acceptors (Lipinski definition) is 3. The molecule has 1 fully saturated rings. The molecule has 2 unspecified atom stereocenters. The van der Waals surface area contributed by atoms with Crippen molar-refractivity contribution in [2.24, 2.45) is 0 Å². The average Bonchev–Trinajstić information content (AvgIpc) is 2.41. The van der Waals surface area contributed by atoms with E-state index in [0.29, 0.717) is 5.75 Å². The van der Waals surface area contributed by atoms with Crippen LogP contribution in [0.25, 0.3) is 0 Å². The van der Waals surface area contributed by atoms with E-state index in [4.69, 9.17) is 0 Å². The van der Waals surface area contributed by atoms with Crippen molar-refractivity contribution in [2.75, 3.05) is 12.3 Å². The van der Waals surface area contributed by atoms with Crippen molar-refractivity contribution in [3.05, 3.63) is 0 Å². The zero-order valence-corrected chi connectivity index (χ0v) is 14.2. The van der Waals surface area contributed by atoms with Gasteiger partial charge in [0.1, 0.15) is 0 Å². The summed E-state index contributed by atoms with van der Waals surface area (Å²) in [5, 5.41) is 3.30. The van der Waals surface area contributed by atoms with E-state index in [1.165, 1.54) is 32.1 Å². The molecule has 120 valence electrons. The van der Waals surface area contributed by atoms with E-state index in [0.717, 1.165) is 38.6 Å². The van der Waals surface area contributed by atoms with Crippen LogP contribution in [0.5, 0.6) is 0 Å². The molecule has 1 aliphatic heterocycles. The van der Waals surface area contributed by atoms with E-state index in [1.807, 2.05) is 0 Å². The minimum Gasteiger partial charge on any atom is -0.313 e. The van der Waals surface area contributed by atoms with E-state index in [-0.39, 0.29) is 11.3 Å². The van der Waals surface area contributed by atoms with Gasteiger partial charge in [-0.25, -0.2) is 8.42 Å². The summed E-state index contributed by atoms with van der Waals surface area (Å²) >= 11 is 0. The highest BCUT2D eigenvalue weighted by Gasteiger charge is 2.34. The Bertz CT molecular complexity index is 340. The van der Waals surface area contributed by atoms with Gasteiger partial charge in [-0.15, -0.1) is 0 Å². The summed E-state index contributed by atoms with van der Waals surface area (Å²) < 4.78 is 24.5. The first-order chi connectivity index (χ1) is 9.61. The third-order valence-electron chi connectivity index (χ3n) is 4.41. The van der Waals surface area contributed by atoms with E-state index >= 15 is 0 Å². The molecule has 1 heterocycles. The van der Waals surface area contributed by atoms with Gasteiger partial charge in [-0.05, 0) is 25.8 Å². The van der Waals surface area contributed by atoms with Crippen LogP contribution in [-0.2, 0) is 9.84 Å². The first-order valence-electron chi connectivity index (χ1n) is 8.56. The molecule has 1 saturated heterocycles. The molecule has 0 aromatic rings. The molecule has 0 aromatic heterocycles. The zero-order chi connectivity index (χ0) is 14.8. The van der Waals surface area contributed by atoms with Gasteiger partial charge in [0.2, 0.25) is 0 Å². The highest BCUT2D eigenvalue weighted by molar-refractivity contribution is 7.92. The van der Waals surface area contributed by atoms with Crippen LogP contribution in [0.2, 0.25) is 0 Å². The summed E-state index contributed by atoms with van der Waals surface area (Å²) in [6, 6.07) is 0.177. The zero-order valence-electron chi connectivity index (χ0n) is 13.4. The Morgan fingerprint density at radius 2 is 1.75 bits per heavy atom. The Hall–Kier alpha value is -0.0900. The fraction of sp³-hybridized carbons (Fsp3) is 1.00. The Labute approximate surface area is 125 Å². The Kier molecular flexibility index (Phi) is 8.78. The predicted octanol–water partition coefficient (Wildman–Crippen LogP) is 3.68. The van der Waals surface area contributed by atoms with Gasteiger partial charge in [0.25, 0.3) is 0 Å². The Morgan fingerprint density at radius 1 is 1.05 bits per heavy atom.